The van der Waals surface area contributed by atoms with Crippen LogP contribution in [0.3, 0.4) is 0 Å². The van der Waals surface area contributed by atoms with Gasteiger partial charge in [-0.15, -0.1) is 0 Å². The van der Waals surface area contributed by atoms with Gasteiger partial charge in [0, 0.05) is 37.1 Å². The Hall–Kier alpha value is -2.27. The van der Waals surface area contributed by atoms with Gasteiger partial charge in [0.2, 0.25) is 0 Å². The van der Waals surface area contributed by atoms with E-state index in [1.165, 1.54) is 19.3 Å². The molecule has 0 atom stereocenters. The summed E-state index contributed by atoms with van der Waals surface area (Å²) in [6.07, 6.45) is 5.92. The van der Waals surface area contributed by atoms with Crippen molar-refractivity contribution in [3.05, 3.63) is 42.2 Å². The van der Waals surface area contributed by atoms with E-state index in [2.05, 4.69) is 17.1 Å². The molecule has 5 heteroatoms. The Morgan fingerprint density at radius 3 is 2.52 bits per heavy atom. The van der Waals surface area contributed by atoms with E-state index in [-0.39, 0.29) is 5.91 Å². The molecule has 0 bridgehead atoms. The molecule has 0 spiro atoms. The van der Waals surface area contributed by atoms with Crippen LogP contribution in [-0.2, 0) is 6.54 Å². The number of anilines is 1. The van der Waals surface area contributed by atoms with Crippen LogP contribution in [0.25, 0.3) is 11.1 Å². The van der Waals surface area contributed by atoms with Gasteiger partial charge < -0.3 is 20.5 Å². The number of nitrogen functional groups attached to an aromatic ring is 1. The lowest BCUT2D eigenvalue weighted by Gasteiger charge is -2.26. The summed E-state index contributed by atoms with van der Waals surface area (Å²) in [7, 11) is 0. The van der Waals surface area contributed by atoms with E-state index in [1.54, 1.807) is 0 Å². The highest BCUT2D eigenvalue weighted by Crippen LogP contribution is 2.23. The number of likely N-dealkylation sites (tertiary alicyclic amines) is 1. The second-order valence-electron chi connectivity index (χ2n) is 6.68. The van der Waals surface area contributed by atoms with Crippen molar-refractivity contribution in [2.24, 2.45) is 0 Å². The van der Waals surface area contributed by atoms with Crippen molar-refractivity contribution >= 4 is 11.6 Å². The average Bonchev–Trinajstić information content (AvgIpc) is 3.07. The number of nitrogens with two attached hydrogens (primary N) is 1. The van der Waals surface area contributed by atoms with E-state index in [1.807, 2.05) is 41.1 Å². The van der Waals surface area contributed by atoms with Crippen LogP contribution in [0.4, 0.5) is 5.69 Å². The molecule has 1 aromatic heterocycles. The van der Waals surface area contributed by atoms with Crippen molar-refractivity contribution in [3.63, 3.8) is 0 Å². The number of nitrogens with one attached hydrogen (secondary N) is 1. The fourth-order valence-electron chi connectivity index (χ4n) is 3.40. The number of carbonyl (C=O) groups is 1. The summed E-state index contributed by atoms with van der Waals surface area (Å²) >= 11 is 0. The molecule has 134 valence electrons. The van der Waals surface area contributed by atoms with Gasteiger partial charge in [-0.3, -0.25) is 4.79 Å². The molecule has 5 nitrogen and oxygen atoms in total. The van der Waals surface area contributed by atoms with Crippen molar-refractivity contribution in [2.45, 2.75) is 32.7 Å². The van der Waals surface area contributed by atoms with Crippen LogP contribution in [0.2, 0.25) is 0 Å². The van der Waals surface area contributed by atoms with Crippen molar-refractivity contribution in [3.8, 4) is 11.1 Å². The molecule has 1 amide bonds. The molecule has 2 aromatic rings. The van der Waals surface area contributed by atoms with Crippen LogP contribution in [0.15, 0.2) is 36.5 Å². The topological polar surface area (TPSA) is 63.3 Å². The first kappa shape index (κ1) is 17.5. The molecule has 1 aromatic carbocycles. The van der Waals surface area contributed by atoms with Gasteiger partial charge in [-0.2, -0.15) is 0 Å². The van der Waals surface area contributed by atoms with Gasteiger partial charge in [-0.05, 0) is 56.6 Å². The van der Waals surface area contributed by atoms with E-state index in [0.717, 1.165) is 43.0 Å². The van der Waals surface area contributed by atoms with Crippen LogP contribution < -0.4 is 11.1 Å². The number of hydrogen-bond acceptors (Lipinski definition) is 3. The minimum absolute atomic E-state index is 0.000513. The molecule has 2 heterocycles. The van der Waals surface area contributed by atoms with Crippen molar-refractivity contribution < 1.29 is 4.79 Å². The van der Waals surface area contributed by atoms with Gasteiger partial charge in [0.1, 0.15) is 5.69 Å². The molecule has 3 N–H and O–H groups in total. The number of amides is 1. The van der Waals surface area contributed by atoms with E-state index in [0.29, 0.717) is 12.2 Å². The summed E-state index contributed by atoms with van der Waals surface area (Å²) in [6, 6.07) is 9.71. The molecule has 0 saturated carbocycles. The Bertz CT molecular complexity index is 699. The van der Waals surface area contributed by atoms with Crippen LogP contribution in [0.5, 0.6) is 0 Å². The lowest BCUT2D eigenvalue weighted by molar-refractivity contribution is 0.0937. The predicted octanol–water partition coefficient (Wildman–Crippen LogP) is 2.97. The smallest absolute Gasteiger partial charge is 0.267 e. The molecule has 3 rings (SSSR count). The summed E-state index contributed by atoms with van der Waals surface area (Å²) in [4.78, 5) is 15.0. The monoisotopic (exact) mass is 340 g/mol. The summed E-state index contributed by atoms with van der Waals surface area (Å²) in [5.74, 6) is 0.000513. The van der Waals surface area contributed by atoms with Gasteiger partial charge in [0.15, 0.2) is 0 Å². The fraction of sp³-hybridized carbons (Fsp3) is 0.450. The zero-order valence-electron chi connectivity index (χ0n) is 15.0. The number of carbonyl (C=O) groups excluding carboxylic acids is 1. The minimum Gasteiger partial charge on any atom is -0.399 e. The van der Waals surface area contributed by atoms with Crippen LogP contribution in [-0.4, -0.2) is 41.6 Å². The van der Waals surface area contributed by atoms with Gasteiger partial charge in [0.25, 0.3) is 5.91 Å². The van der Waals surface area contributed by atoms with Crippen molar-refractivity contribution in [1.29, 1.82) is 0 Å². The molecule has 25 heavy (non-hydrogen) atoms. The third-order valence-corrected chi connectivity index (χ3v) is 4.88. The maximum absolute atomic E-state index is 12.6. The summed E-state index contributed by atoms with van der Waals surface area (Å²) in [6.45, 7) is 6.76. The summed E-state index contributed by atoms with van der Waals surface area (Å²) in [5.41, 5.74) is 9.34. The van der Waals surface area contributed by atoms with E-state index in [9.17, 15) is 4.79 Å². The number of aryl methyl sites for hydroxylation is 1. The maximum Gasteiger partial charge on any atom is 0.267 e. The van der Waals surface area contributed by atoms with Crippen molar-refractivity contribution in [1.82, 2.24) is 14.8 Å². The molecule has 0 unspecified atom stereocenters. The largest absolute Gasteiger partial charge is 0.399 e. The second kappa shape index (κ2) is 8.21. The third kappa shape index (κ3) is 4.42. The Morgan fingerprint density at radius 1 is 1.12 bits per heavy atom. The normalized spacial score (nSPS) is 15.2. The number of aromatic nitrogens is 1. The zero-order valence-corrected chi connectivity index (χ0v) is 15.0. The van der Waals surface area contributed by atoms with Gasteiger partial charge in [0.05, 0.1) is 0 Å². The number of nitrogens with zero attached hydrogens (tertiary/aromatic N) is 2. The first-order valence-electron chi connectivity index (χ1n) is 9.24. The number of rotatable bonds is 6. The lowest BCUT2D eigenvalue weighted by Crippen LogP contribution is -2.38. The second-order valence-corrected chi connectivity index (χ2v) is 6.68. The highest BCUT2D eigenvalue weighted by atomic mass is 16.1. The molecule has 0 radical (unpaired) electrons. The van der Waals surface area contributed by atoms with Crippen LogP contribution in [0, 0.1) is 0 Å². The van der Waals surface area contributed by atoms with Crippen LogP contribution in [0.1, 0.15) is 36.7 Å². The molecule has 0 aliphatic carbocycles. The molecule has 1 saturated heterocycles. The number of piperidine rings is 1. The van der Waals surface area contributed by atoms with Crippen molar-refractivity contribution in [2.75, 3.05) is 31.9 Å². The Balaban J connectivity index is 1.64. The lowest BCUT2D eigenvalue weighted by atomic mass is 10.1. The third-order valence-electron chi connectivity index (χ3n) is 4.88. The quantitative estimate of drug-likeness (QED) is 0.795. The Kier molecular flexibility index (Phi) is 5.76. The van der Waals surface area contributed by atoms with Gasteiger partial charge in [-0.25, -0.2) is 0 Å². The van der Waals surface area contributed by atoms with E-state index >= 15 is 0 Å². The molecule has 1 aliphatic rings. The van der Waals surface area contributed by atoms with Crippen LogP contribution >= 0.6 is 0 Å². The standard InChI is InChI=1S/C20H28N4O/c1-2-24-15-17(16-6-8-18(21)9-7-16)14-19(24)20(25)22-10-13-23-11-4-3-5-12-23/h6-9,14-15H,2-5,10-13,21H2,1H3,(H,22,25). The average molecular weight is 340 g/mol. The summed E-state index contributed by atoms with van der Waals surface area (Å²) in [5, 5.41) is 3.07. The molecule has 1 fully saturated rings. The fourth-order valence-corrected chi connectivity index (χ4v) is 3.40. The number of benzene rings is 1. The molecular weight excluding hydrogens is 312 g/mol. The van der Waals surface area contributed by atoms with E-state index < -0.39 is 0 Å². The Labute approximate surface area is 149 Å². The first-order valence-corrected chi connectivity index (χ1v) is 9.24. The minimum atomic E-state index is 0.000513. The Morgan fingerprint density at radius 2 is 1.84 bits per heavy atom. The molecule has 1 aliphatic heterocycles. The van der Waals surface area contributed by atoms with Gasteiger partial charge in [-0.1, -0.05) is 18.6 Å². The maximum atomic E-state index is 12.6. The number of hydrogen-bond donors (Lipinski definition) is 2. The van der Waals surface area contributed by atoms with E-state index in [4.69, 9.17) is 5.73 Å². The SMILES string of the molecule is CCn1cc(-c2ccc(N)cc2)cc1C(=O)NCCN1CCCCC1. The molecular formula is C20H28N4O. The van der Waals surface area contributed by atoms with Gasteiger partial charge >= 0.3 is 0 Å². The highest BCUT2D eigenvalue weighted by molar-refractivity contribution is 5.94. The highest BCUT2D eigenvalue weighted by Gasteiger charge is 2.15. The first-order chi connectivity index (χ1) is 12.2. The summed E-state index contributed by atoms with van der Waals surface area (Å²) < 4.78 is 2.00. The predicted molar refractivity (Wildman–Crippen MR) is 103 cm³/mol. The zero-order chi connectivity index (χ0) is 17.6.